The maximum Gasteiger partial charge on any atom is 0.123 e. The number of benzene rings is 1. The van der Waals surface area contributed by atoms with Crippen molar-refractivity contribution in [3.63, 3.8) is 0 Å². The highest BCUT2D eigenvalue weighted by Crippen LogP contribution is 2.27. The van der Waals surface area contributed by atoms with Crippen molar-refractivity contribution in [2.45, 2.75) is 57.1 Å². The van der Waals surface area contributed by atoms with E-state index in [2.05, 4.69) is 5.32 Å². The number of hydrogen-bond donors (Lipinski definition) is 2. The van der Waals surface area contributed by atoms with E-state index in [0.29, 0.717) is 6.54 Å². The fourth-order valence-corrected chi connectivity index (χ4v) is 2.80. The van der Waals surface area contributed by atoms with Gasteiger partial charge in [0, 0.05) is 12.6 Å². The van der Waals surface area contributed by atoms with E-state index < -0.39 is 5.60 Å². The molecule has 1 aromatic rings. The summed E-state index contributed by atoms with van der Waals surface area (Å²) in [6.45, 7) is 2.60. The van der Waals surface area contributed by atoms with Crippen LogP contribution in [0.3, 0.4) is 0 Å². The molecule has 1 aromatic carbocycles. The van der Waals surface area contributed by atoms with Gasteiger partial charge in [-0.25, -0.2) is 4.39 Å². The van der Waals surface area contributed by atoms with Crippen LogP contribution in [-0.2, 0) is 0 Å². The van der Waals surface area contributed by atoms with Crippen molar-refractivity contribution in [1.29, 1.82) is 0 Å². The first kappa shape index (κ1) is 14.5. The van der Waals surface area contributed by atoms with E-state index in [9.17, 15) is 9.50 Å². The third kappa shape index (κ3) is 4.29. The SMILES string of the molecule is CC(NCC1(O)CCCCCC1)c1cccc(F)c1. The molecule has 2 nitrogen and oxygen atoms in total. The van der Waals surface area contributed by atoms with Crippen LogP contribution >= 0.6 is 0 Å². The molecule has 0 bridgehead atoms. The van der Waals surface area contributed by atoms with Gasteiger partial charge in [-0.05, 0) is 37.5 Å². The van der Waals surface area contributed by atoms with Gasteiger partial charge in [0.1, 0.15) is 5.82 Å². The minimum atomic E-state index is -0.585. The molecule has 0 aromatic heterocycles. The van der Waals surface area contributed by atoms with E-state index in [4.69, 9.17) is 0 Å². The summed E-state index contributed by atoms with van der Waals surface area (Å²) in [5.74, 6) is -0.209. The fraction of sp³-hybridized carbons (Fsp3) is 0.625. The van der Waals surface area contributed by atoms with Crippen LogP contribution in [0, 0.1) is 5.82 Å². The van der Waals surface area contributed by atoms with E-state index in [0.717, 1.165) is 31.2 Å². The average Bonchev–Trinajstić information content (AvgIpc) is 2.61. The van der Waals surface area contributed by atoms with Gasteiger partial charge in [-0.1, -0.05) is 37.8 Å². The maximum absolute atomic E-state index is 13.2. The summed E-state index contributed by atoms with van der Waals surface area (Å²) in [5, 5.41) is 13.9. The molecule has 1 fully saturated rings. The smallest absolute Gasteiger partial charge is 0.123 e. The molecule has 0 amide bonds. The fourth-order valence-electron chi connectivity index (χ4n) is 2.80. The van der Waals surface area contributed by atoms with Gasteiger partial charge in [-0.2, -0.15) is 0 Å². The Bertz CT molecular complexity index is 399. The van der Waals surface area contributed by atoms with Crippen molar-refractivity contribution >= 4 is 0 Å². The first-order valence-electron chi connectivity index (χ1n) is 7.30. The number of nitrogens with one attached hydrogen (secondary N) is 1. The summed E-state index contributed by atoms with van der Waals surface area (Å²) < 4.78 is 13.2. The minimum absolute atomic E-state index is 0.0583. The topological polar surface area (TPSA) is 32.3 Å². The second-order valence-electron chi connectivity index (χ2n) is 5.80. The molecule has 19 heavy (non-hydrogen) atoms. The first-order chi connectivity index (χ1) is 9.09. The Morgan fingerprint density at radius 3 is 2.58 bits per heavy atom. The number of rotatable bonds is 4. The summed E-state index contributed by atoms with van der Waals surface area (Å²) >= 11 is 0. The van der Waals surface area contributed by atoms with Crippen molar-refractivity contribution in [1.82, 2.24) is 5.32 Å². The van der Waals surface area contributed by atoms with Gasteiger partial charge in [-0.15, -0.1) is 0 Å². The van der Waals surface area contributed by atoms with E-state index in [-0.39, 0.29) is 11.9 Å². The van der Waals surface area contributed by atoms with Gasteiger partial charge >= 0.3 is 0 Å². The molecule has 0 saturated heterocycles. The molecule has 2 N–H and O–H groups in total. The zero-order chi connectivity index (χ0) is 13.7. The Labute approximate surface area is 115 Å². The minimum Gasteiger partial charge on any atom is -0.389 e. The lowest BCUT2D eigenvalue weighted by molar-refractivity contribution is 0.0231. The highest BCUT2D eigenvalue weighted by atomic mass is 19.1. The van der Waals surface area contributed by atoms with E-state index in [1.807, 2.05) is 13.0 Å². The molecule has 1 aliphatic carbocycles. The van der Waals surface area contributed by atoms with Crippen molar-refractivity contribution in [2.24, 2.45) is 0 Å². The first-order valence-corrected chi connectivity index (χ1v) is 7.30. The zero-order valence-corrected chi connectivity index (χ0v) is 11.7. The average molecular weight is 265 g/mol. The molecule has 1 saturated carbocycles. The van der Waals surface area contributed by atoms with Gasteiger partial charge < -0.3 is 10.4 Å². The van der Waals surface area contributed by atoms with Crippen LogP contribution < -0.4 is 5.32 Å². The van der Waals surface area contributed by atoms with Crippen LogP contribution in [0.25, 0.3) is 0 Å². The van der Waals surface area contributed by atoms with E-state index in [1.54, 1.807) is 12.1 Å². The van der Waals surface area contributed by atoms with Gasteiger partial charge in [0.25, 0.3) is 0 Å². The lowest BCUT2D eigenvalue weighted by Gasteiger charge is -2.29. The number of halogens is 1. The normalized spacial score (nSPS) is 20.8. The summed E-state index contributed by atoms with van der Waals surface area (Å²) in [7, 11) is 0. The Balaban J connectivity index is 1.90. The van der Waals surface area contributed by atoms with Crippen LogP contribution in [0.15, 0.2) is 24.3 Å². The molecular weight excluding hydrogens is 241 g/mol. The van der Waals surface area contributed by atoms with Crippen LogP contribution in [-0.4, -0.2) is 17.3 Å². The predicted molar refractivity (Wildman–Crippen MR) is 75.5 cm³/mol. The second-order valence-corrected chi connectivity index (χ2v) is 5.80. The largest absolute Gasteiger partial charge is 0.389 e. The molecule has 0 aliphatic heterocycles. The zero-order valence-electron chi connectivity index (χ0n) is 11.7. The molecule has 0 spiro atoms. The molecule has 1 aliphatic rings. The molecule has 106 valence electrons. The summed E-state index contributed by atoms with van der Waals surface area (Å²) in [4.78, 5) is 0. The molecule has 3 heteroatoms. The number of hydrogen-bond acceptors (Lipinski definition) is 2. The Hall–Kier alpha value is -0.930. The molecule has 2 rings (SSSR count). The standard InChI is InChI=1S/C16H24FNO/c1-13(14-7-6-8-15(17)11-14)18-12-16(19)9-4-2-3-5-10-16/h6-8,11,13,18-19H,2-5,9-10,12H2,1H3. The quantitative estimate of drug-likeness (QED) is 0.816. The lowest BCUT2D eigenvalue weighted by atomic mass is 9.94. The lowest BCUT2D eigenvalue weighted by Crippen LogP contribution is -2.41. The molecule has 0 radical (unpaired) electrons. The molecule has 1 unspecified atom stereocenters. The monoisotopic (exact) mass is 265 g/mol. The summed E-state index contributed by atoms with van der Waals surface area (Å²) in [5.41, 5.74) is 0.343. The van der Waals surface area contributed by atoms with Crippen molar-refractivity contribution in [3.8, 4) is 0 Å². The third-order valence-corrected chi connectivity index (χ3v) is 4.12. The number of aliphatic hydroxyl groups is 1. The summed E-state index contributed by atoms with van der Waals surface area (Å²) in [6.07, 6.45) is 6.40. The highest BCUT2D eigenvalue weighted by Gasteiger charge is 2.28. The highest BCUT2D eigenvalue weighted by molar-refractivity contribution is 5.19. The van der Waals surface area contributed by atoms with Crippen LogP contribution in [0.1, 0.15) is 57.1 Å². The van der Waals surface area contributed by atoms with Gasteiger partial charge in [-0.3, -0.25) is 0 Å². The predicted octanol–water partition coefficient (Wildman–Crippen LogP) is 3.56. The van der Waals surface area contributed by atoms with Crippen molar-refractivity contribution in [3.05, 3.63) is 35.6 Å². The van der Waals surface area contributed by atoms with Gasteiger partial charge in [0.15, 0.2) is 0 Å². The Kier molecular flexibility index (Phi) is 4.94. The second kappa shape index (κ2) is 6.49. The molecular formula is C16H24FNO. The Morgan fingerprint density at radius 1 is 1.26 bits per heavy atom. The Morgan fingerprint density at radius 2 is 1.95 bits per heavy atom. The maximum atomic E-state index is 13.2. The van der Waals surface area contributed by atoms with Crippen LogP contribution in [0.4, 0.5) is 4.39 Å². The van der Waals surface area contributed by atoms with Crippen molar-refractivity contribution in [2.75, 3.05) is 6.54 Å². The van der Waals surface area contributed by atoms with E-state index >= 15 is 0 Å². The van der Waals surface area contributed by atoms with Gasteiger partial charge in [0.2, 0.25) is 0 Å². The van der Waals surface area contributed by atoms with Crippen LogP contribution in [0.5, 0.6) is 0 Å². The van der Waals surface area contributed by atoms with Crippen molar-refractivity contribution < 1.29 is 9.50 Å². The van der Waals surface area contributed by atoms with Gasteiger partial charge in [0.05, 0.1) is 5.60 Å². The van der Waals surface area contributed by atoms with Crippen LogP contribution in [0.2, 0.25) is 0 Å². The van der Waals surface area contributed by atoms with E-state index in [1.165, 1.54) is 18.9 Å². The molecule has 1 atom stereocenters. The third-order valence-electron chi connectivity index (χ3n) is 4.12. The molecule has 0 heterocycles. The summed E-state index contributed by atoms with van der Waals surface area (Å²) in [6, 6.07) is 6.70.